The van der Waals surface area contributed by atoms with Gasteiger partial charge in [-0.25, -0.2) is 0 Å². The first kappa shape index (κ1) is 34.2. The van der Waals surface area contributed by atoms with Crippen molar-refractivity contribution in [2.24, 2.45) is 0 Å². The molecule has 0 saturated heterocycles. The van der Waals surface area contributed by atoms with E-state index in [1.54, 1.807) is 0 Å². The van der Waals surface area contributed by atoms with Gasteiger partial charge < -0.3 is 14.4 Å². The van der Waals surface area contributed by atoms with Crippen LogP contribution in [0.1, 0.15) is 25.3 Å². The molecule has 0 aliphatic heterocycles. The average molecular weight is 831 g/mol. The third-order valence-electron chi connectivity index (χ3n) is 8.78. The topological polar surface area (TPSA) is 38.9 Å². The zero-order valence-electron chi connectivity index (χ0n) is 28.4. The van der Waals surface area contributed by atoms with Gasteiger partial charge in [0.05, 0.1) is 13.7 Å². The van der Waals surface area contributed by atoms with Crippen LogP contribution in [-0.2, 0) is 20.1 Å². The maximum atomic E-state index is 6.34. The Labute approximate surface area is 303 Å². The number of furan rings is 1. The van der Waals surface area contributed by atoms with Crippen molar-refractivity contribution < 1.29 is 24.5 Å². The second kappa shape index (κ2) is 14.4. The molecule has 0 bridgehead atoms. The van der Waals surface area contributed by atoms with Gasteiger partial charge in [-0.1, -0.05) is 129 Å². The molecule has 0 amide bonds. The summed E-state index contributed by atoms with van der Waals surface area (Å²) in [6.07, 6.45) is 4.01. The van der Waals surface area contributed by atoms with E-state index in [0.29, 0.717) is 5.92 Å². The van der Waals surface area contributed by atoms with Crippen LogP contribution in [-0.4, -0.2) is 18.0 Å². The van der Waals surface area contributed by atoms with Gasteiger partial charge in [-0.05, 0) is 50.5 Å². The van der Waals surface area contributed by atoms with E-state index in [1.807, 2.05) is 48.7 Å². The van der Waals surface area contributed by atoms with Gasteiger partial charge in [0.25, 0.3) is 0 Å². The van der Waals surface area contributed by atoms with Gasteiger partial charge in [-0.3, -0.25) is 0 Å². The Morgan fingerprint density at radius 1 is 0.633 bits per heavy atom. The SMILES string of the molecule is CC(C)c1cc(-c2[c-]cccc2)ncc1[Si](C)(C)C.[Ir].[c-]1ccc2c(oc3cc(-c4ccccc4)ccc32)c1-c1cc2ccccc2cn1. The molecule has 3 nitrogen and oxygen atoms in total. The first-order valence-corrected chi connectivity index (χ1v) is 20.0. The third kappa shape index (κ3) is 7.21. The van der Waals surface area contributed by atoms with E-state index in [4.69, 9.17) is 4.42 Å². The molecular weight excluding hydrogens is 793 g/mol. The van der Waals surface area contributed by atoms with Crippen LogP contribution < -0.4 is 5.19 Å². The molecule has 0 aliphatic rings. The number of hydrogen-bond donors (Lipinski definition) is 0. The Kier molecular flexibility index (Phi) is 10.1. The van der Waals surface area contributed by atoms with Crippen molar-refractivity contribution >= 4 is 46.0 Å². The van der Waals surface area contributed by atoms with Crippen molar-refractivity contribution in [2.45, 2.75) is 39.4 Å². The average Bonchev–Trinajstić information content (AvgIpc) is 3.50. The summed E-state index contributed by atoms with van der Waals surface area (Å²) < 4.78 is 6.34. The molecule has 0 N–H and O–H groups in total. The van der Waals surface area contributed by atoms with Crippen LogP contribution >= 0.6 is 0 Å². The van der Waals surface area contributed by atoms with Gasteiger partial charge in [-0.2, -0.15) is 0 Å². The smallest absolute Gasteiger partial charge is 0.121 e. The number of benzene rings is 5. The number of hydrogen-bond acceptors (Lipinski definition) is 3. The molecule has 245 valence electrons. The number of aromatic nitrogens is 2. The molecule has 0 spiro atoms. The molecule has 1 radical (unpaired) electrons. The predicted molar refractivity (Wildman–Crippen MR) is 204 cm³/mol. The van der Waals surface area contributed by atoms with Crippen LogP contribution in [0, 0.1) is 12.1 Å². The summed E-state index contributed by atoms with van der Waals surface area (Å²) in [7, 11) is -1.34. The van der Waals surface area contributed by atoms with Gasteiger partial charge in [0.2, 0.25) is 0 Å². The van der Waals surface area contributed by atoms with E-state index < -0.39 is 8.07 Å². The standard InChI is InChI=1S/C27H16NO.C17H22NSi.Ir/c1-2-7-18(8-3-1)20-13-14-22-23-11-6-12-24(27(23)29-26(22)16-20)25-15-19-9-4-5-10-21(19)17-28-25;1-13(2)15-11-16(14-9-7-6-8-10-14)18-12-17(15)19(3,4)5;/h1-11,13-17H;6-9,11-13H,1-5H3;/q2*-1;. The van der Waals surface area contributed by atoms with Gasteiger partial charge in [0, 0.05) is 37.9 Å². The molecule has 8 aromatic rings. The van der Waals surface area contributed by atoms with Crippen molar-refractivity contribution in [3.05, 3.63) is 151 Å². The molecule has 5 aromatic carbocycles. The monoisotopic (exact) mass is 831 g/mol. The summed E-state index contributed by atoms with van der Waals surface area (Å²) in [5.74, 6) is 0.534. The summed E-state index contributed by atoms with van der Waals surface area (Å²) in [5, 5.41) is 5.95. The Morgan fingerprint density at radius 2 is 1.37 bits per heavy atom. The second-order valence-corrected chi connectivity index (χ2v) is 18.6. The molecule has 3 heterocycles. The normalized spacial score (nSPS) is 11.4. The molecule has 8 rings (SSSR count). The van der Waals surface area contributed by atoms with E-state index >= 15 is 0 Å². The number of pyridine rings is 2. The molecule has 0 saturated carbocycles. The number of fused-ring (bicyclic) bond motifs is 4. The minimum atomic E-state index is -1.34. The van der Waals surface area contributed by atoms with E-state index in [9.17, 15) is 0 Å². The summed E-state index contributed by atoms with van der Waals surface area (Å²) in [5.41, 5.74) is 9.35. The Balaban J connectivity index is 0.000000183. The first-order valence-electron chi connectivity index (χ1n) is 16.5. The molecule has 0 aliphatic carbocycles. The van der Waals surface area contributed by atoms with Gasteiger partial charge >= 0.3 is 0 Å². The van der Waals surface area contributed by atoms with Crippen molar-refractivity contribution in [3.63, 3.8) is 0 Å². The Bertz CT molecular complexity index is 2360. The molecule has 0 fully saturated rings. The van der Waals surface area contributed by atoms with Crippen LogP contribution in [0.4, 0.5) is 0 Å². The van der Waals surface area contributed by atoms with Crippen molar-refractivity contribution in [2.75, 3.05) is 0 Å². The van der Waals surface area contributed by atoms with Crippen LogP contribution in [0.5, 0.6) is 0 Å². The first-order chi connectivity index (χ1) is 23.3. The van der Waals surface area contributed by atoms with Crippen molar-refractivity contribution in [1.29, 1.82) is 0 Å². The Hall–Kier alpha value is -4.67. The largest absolute Gasteiger partial charge is 0.501 e. The van der Waals surface area contributed by atoms with Gasteiger partial charge in [0.1, 0.15) is 5.58 Å². The fraction of sp³-hybridized carbons (Fsp3) is 0.136. The van der Waals surface area contributed by atoms with Crippen LogP contribution in [0.15, 0.2) is 138 Å². The maximum absolute atomic E-state index is 6.34. The van der Waals surface area contributed by atoms with Crippen LogP contribution in [0.2, 0.25) is 19.6 Å². The van der Waals surface area contributed by atoms with Crippen LogP contribution in [0.25, 0.3) is 66.4 Å². The van der Waals surface area contributed by atoms with E-state index in [1.165, 1.54) is 16.3 Å². The zero-order chi connectivity index (χ0) is 33.3. The maximum Gasteiger partial charge on any atom is 0.121 e. The minimum Gasteiger partial charge on any atom is -0.501 e. The van der Waals surface area contributed by atoms with Crippen molar-refractivity contribution in [1.82, 2.24) is 9.97 Å². The quantitative estimate of drug-likeness (QED) is 0.128. The van der Waals surface area contributed by atoms with E-state index in [2.05, 4.69) is 141 Å². The van der Waals surface area contributed by atoms with Crippen molar-refractivity contribution in [3.8, 4) is 33.6 Å². The molecular formula is C44H38IrN2OSi-2. The summed E-state index contributed by atoms with van der Waals surface area (Å²) >= 11 is 0. The number of nitrogens with zero attached hydrogens (tertiary/aromatic N) is 2. The fourth-order valence-corrected chi connectivity index (χ4v) is 7.92. The molecule has 49 heavy (non-hydrogen) atoms. The predicted octanol–water partition coefficient (Wildman–Crippen LogP) is 11.5. The summed E-state index contributed by atoms with van der Waals surface area (Å²) in [4.78, 5) is 9.33. The Morgan fingerprint density at radius 3 is 2.10 bits per heavy atom. The zero-order valence-corrected chi connectivity index (χ0v) is 31.8. The molecule has 5 heteroatoms. The fourth-order valence-electron chi connectivity index (χ4n) is 6.24. The van der Waals surface area contributed by atoms with Crippen LogP contribution in [0.3, 0.4) is 0 Å². The summed E-state index contributed by atoms with van der Waals surface area (Å²) in [6, 6.07) is 48.0. The second-order valence-electron chi connectivity index (χ2n) is 13.5. The molecule has 3 aromatic heterocycles. The number of rotatable bonds is 5. The van der Waals surface area contributed by atoms with E-state index in [-0.39, 0.29) is 20.1 Å². The molecule has 0 unspecified atom stereocenters. The van der Waals surface area contributed by atoms with E-state index in [0.717, 1.165) is 60.8 Å². The summed E-state index contributed by atoms with van der Waals surface area (Å²) in [6.45, 7) is 11.7. The minimum absolute atomic E-state index is 0. The molecule has 0 atom stereocenters. The van der Waals surface area contributed by atoms with Gasteiger partial charge in [0.15, 0.2) is 0 Å². The van der Waals surface area contributed by atoms with Gasteiger partial charge in [-0.15, -0.1) is 54.1 Å². The third-order valence-corrected chi connectivity index (χ3v) is 10.8.